The number of nitrogens with one attached hydrogen (secondary N) is 1. The quantitative estimate of drug-likeness (QED) is 0.357. The van der Waals surface area contributed by atoms with E-state index in [0.717, 1.165) is 16.2 Å². The molecular formula is C25H20N4O2S. The highest BCUT2D eigenvalue weighted by Gasteiger charge is 2.16. The molecule has 6 nitrogen and oxygen atoms in total. The number of anilines is 1. The van der Waals surface area contributed by atoms with E-state index in [1.807, 2.05) is 41.8 Å². The maximum atomic E-state index is 12.8. The highest BCUT2D eigenvalue weighted by molar-refractivity contribution is 7.15. The van der Waals surface area contributed by atoms with E-state index >= 15 is 0 Å². The second-order valence-corrected chi connectivity index (χ2v) is 8.30. The van der Waals surface area contributed by atoms with E-state index < -0.39 is 0 Å². The largest absolute Gasteiger partial charge is 0.457 e. The summed E-state index contributed by atoms with van der Waals surface area (Å²) in [5.74, 6) is 1.26. The summed E-state index contributed by atoms with van der Waals surface area (Å²) in [6.45, 7) is 4.15. The summed E-state index contributed by atoms with van der Waals surface area (Å²) in [6.07, 6.45) is 0. The number of hydrogen-bond acceptors (Lipinski definition) is 5. The first-order valence-corrected chi connectivity index (χ1v) is 11.0. The molecule has 0 fully saturated rings. The number of para-hydroxylation sites is 1. The van der Waals surface area contributed by atoms with Gasteiger partial charge in [-0.05, 0) is 49.7 Å². The van der Waals surface area contributed by atoms with Gasteiger partial charge in [-0.2, -0.15) is 4.98 Å². The lowest BCUT2D eigenvalue weighted by atomic mass is 10.0. The molecule has 32 heavy (non-hydrogen) atoms. The molecule has 0 spiro atoms. The van der Waals surface area contributed by atoms with E-state index in [-0.39, 0.29) is 11.9 Å². The Morgan fingerprint density at radius 1 is 0.969 bits per heavy atom. The molecule has 2 heterocycles. The summed E-state index contributed by atoms with van der Waals surface area (Å²) in [5, 5.41) is 9.35. The van der Waals surface area contributed by atoms with Gasteiger partial charge < -0.3 is 4.74 Å². The van der Waals surface area contributed by atoms with Crippen LogP contribution in [0.5, 0.6) is 11.5 Å². The van der Waals surface area contributed by atoms with Crippen LogP contribution in [-0.2, 0) is 0 Å². The molecule has 0 atom stereocenters. The Hall–Kier alpha value is -3.97. The van der Waals surface area contributed by atoms with Gasteiger partial charge in [0.2, 0.25) is 4.96 Å². The first kappa shape index (κ1) is 20.0. The van der Waals surface area contributed by atoms with Gasteiger partial charge in [-0.15, -0.1) is 16.4 Å². The van der Waals surface area contributed by atoms with Crippen LogP contribution < -0.4 is 10.1 Å². The van der Waals surface area contributed by atoms with Gasteiger partial charge in [0.15, 0.2) is 0 Å². The minimum Gasteiger partial charge on any atom is -0.457 e. The highest BCUT2D eigenvalue weighted by atomic mass is 32.1. The van der Waals surface area contributed by atoms with E-state index in [4.69, 9.17) is 4.74 Å². The van der Waals surface area contributed by atoms with Crippen molar-refractivity contribution in [1.29, 1.82) is 0 Å². The summed E-state index contributed by atoms with van der Waals surface area (Å²) in [5.41, 5.74) is 4.89. The molecule has 158 valence electrons. The van der Waals surface area contributed by atoms with Crippen LogP contribution in [0.25, 0.3) is 16.2 Å². The van der Waals surface area contributed by atoms with Crippen molar-refractivity contribution in [3.63, 3.8) is 0 Å². The molecule has 0 bridgehead atoms. The number of carbonyl (C=O) groups is 1. The third kappa shape index (κ3) is 3.98. The summed E-state index contributed by atoms with van der Waals surface area (Å²) in [4.78, 5) is 18.0. The molecule has 0 unspecified atom stereocenters. The standard InChI is InChI=1S/C25H20N4O2S/c1-16-11-12-21(17(2)13-16)22-15-32-25-27-24(28-29(22)25)26-23(30)18-7-6-10-20(14-18)31-19-8-4-3-5-9-19/h3-15H,1-2H3,(H,26,28,30). The lowest BCUT2D eigenvalue weighted by molar-refractivity contribution is 0.102. The number of carbonyl (C=O) groups excluding carboxylic acids is 1. The topological polar surface area (TPSA) is 68.5 Å². The van der Waals surface area contributed by atoms with E-state index in [1.54, 1.807) is 22.7 Å². The minimum absolute atomic E-state index is 0.266. The highest BCUT2D eigenvalue weighted by Crippen LogP contribution is 2.29. The Balaban J connectivity index is 1.37. The van der Waals surface area contributed by atoms with E-state index in [9.17, 15) is 4.79 Å². The lowest BCUT2D eigenvalue weighted by Crippen LogP contribution is -2.13. The molecule has 2 aromatic heterocycles. The Bertz CT molecular complexity index is 1420. The number of ether oxygens (including phenoxy) is 1. The number of nitrogens with zero attached hydrogens (tertiary/aromatic N) is 3. The van der Waals surface area contributed by atoms with E-state index in [2.05, 4.69) is 47.4 Å². The molecular weight excluding hydrogens is 420 g/mol. The Kier molecular flexibility index (Phi) is 5.17. The molecule has 1 amide bonds. The van der Waals surface area contributed by atoms with Crippen molar-refractivity contribution < 1.29 is 9.53 Å². The lowest BCUT2D eigenvalue weighted by Gasteiger charge is -2.07. The first-order chi connectivity index (χ1) is 15.6. The fourth-order valence-corrected chi connectivity index (χ4v) is 4.34. The Morgan fingerprint density at radius 2 is 1.78 bits per heavy atom. The molecule has 0 aliphatic rings. The third-order valence-corrected chi connectivity index (χ3v) is 5.86. The number of aryl methyl sites for hydroxylation is 2. The van der Waals surface area contributed by atoms with Crippen LogP contribution in [0.1, 0.15) is 21.5 Å². The SMILES string of the molecule is Cc1ccc(-c2csc3nc(NC(=O)c4cccc(Oc5ccccc5)c4)nn23)c(C)c1. The summed E-state index contributed by atoms with van der Waals surface area (Å²) in [7, 11) is 0. The van der Waals surface area contributed by atoms with Crippen LogP contribution in [0, 0.1) is 13.8 Å². The Morgan fingerprint density at radius 3 is 2.59 bits per heavy atom. The van der Waals surface area contributed by atoms with Crippen LogP contribution in [0.15, 0.2) is 78.2 Å². The Labute approximate surface area is 189 Å². The number of benzene rings is 3. The van der Waals surface area contributed by atoms with Crippen molar-refractivity contribution in [3.8, 4) is 22.8 Å². The van der Waals surface area contributed by atoms with Gasteiger partial charge in [0.25, 0.3) is 11.9 Å². The average Bonchev–Trinajstić information content (AvgIpc) is 3.35. The molecule has 7 heteroatoms. The molecule has 5 rings (SSSR count). The second-order valence-electron chi connectivity index (χ2n) is 7.47. The van der Waals surface area contributed by atoms with Crippen molar-refractivity contribution in [1.82, 2.24) is 14.6 Å². The first-order valence-electron chi connectivity index (χ1n) is 10.1. The van der Waals surface area contributed by atoms with Crippen LogP contribution >= 0.6 is 11.3 Å². The molecule has 0 aliphatic heterocycles. The summed E-state index contributed by atoms with van der Waals surface area (Å²) in [6, 6.07) is 22.8. The molecule has 0 aliphatic carbocycles. The number of thiazole rings is 1. The number of amides is 1. The van der Waals surface area contributed by atoms with Crippen molar-refractivity contribution in [2.24, 2.45) is 0 Å². The van der Waals surface area contributed by atoms with E-state index in [1.165, 1.54) is 22.5 Å². The zero-order valence-corrected chi connectivity index (χ0v) is 18.4. The van der Waals surface area contributed by atoms with Gasteiger partial charge in [0.1, 0.15) is 11.5 Å². The molecule has 1 N–H and O–H groups in total. The third-order valence-electron chi connectivity index (χ3n) is 5.04. The van der Waals surface area contributed by atoms with Gasteiger partial charge in [-0.25, -0.2) is 4.52 Å². The zero-order valence-electron chi connectivity index (χ0n) is 17.6. The van der Waals surface area contributed by atoms with Crippen LogP contribution in [-0.4, -0.2) is 20.5 Å². The second kappa shape index (κ2) is 8.28. The van der Waals surface area contributed by atoms with Gasteiger partial charge in [0.05, 0.1) is 5.69 Å². The summed E-state index contributed by atoms with van der Waals surface area (Å²) < 4.78 is 7.60. The fraction of sp³-hybridized carbons (Fsp3) is 0.0800. The van der Waals surface area contributed by atoms with Crippen LogP contribution in [0.4, 0.5) is 5.95 Å². The maximum Gasteiger partial charge on any atom is 0.258 e. The van der Waals surface area contributed by atoms with Crippen molar-refractivity contribution >= 4 is 28.2 Å². The van der Waals surface area contributed by atoms with Crippen molar-refractivity contribution in [2.75, 3.05) is 5.32 Å². The number of rotatable bonds is 5. The molecule has 0 radical (unpaired) electrons. The summed E-state index contributed by atoms with van der Waals surface area (Å²) >= 11 is 1.49. The maximum absolute atomic E-state index is 12.8. The van der Waals surface area contributed by atoms with Gasteiger partial charge in [0, 0.05) is 16.5 Å². The predicted octanol–water partition coefficient (Wildman–Crippen LogP) is 6.12. The predicted molar refractivity (Wildman–Crippen MR) is 127 cm³/mol. The molecule has 0 saturated heterocycles. The van der Waals surface area contributed by atoms with Gasteiger partial charge >= 0.3 is 0 Å². The molecule has 3 aromatic carbocycles. The van der Waals surface area contributed by atoms with Gasteiger partial charge in [-0.1, -0.05) is 48.0 Å². The van der Waals surface area contributed by atoms with Crippen LogP contribution in [0.2, 0.25) is 0 Å². The van der Waals surface area contributed by atoms with Crippen LogP contribution in [0.3, 0.4) is 0 Å². The zero-order chi connectivity index (χ0) is 22.1. The van der Waals surface area contributed by atoms with E-state index in [0.29, 0.717) is 17.1 Å². The number of fused-ring (bicyclic) bond motifs is 1. The fourth-order valence-electron chi connectivity index (χ4n) is 3.52. The van der Waals surface area contributed by atoms with Gasteiger partial charge in [-0.3, -0.25) is 10.1 Å². The van der Waals surface area contributed by atoms with Crippen molar-refractivity contribution in [2.45, 2.75) is 13.8 Å². The molecule has 0 saturated carbocycles. The molecule has 5 aromatic rings. The monoisotopic (exact) mass is 440 g/mol. The normalized spacial score (nSPS) is 10.9. The smallest absolute Gasteiger partial charge is 0.258 e. The van der Waals surface area contributed by atoms with Crippen molar-refractivity contribution in [3.05, 3.63) is 94.9 Å². The number of aromatic nitrogens is 3. The minimum atomic E-state index is -0.296. The average molecular weight is 441 g/mol. The number of hydrogen-bond donors (Lipinski definition) is 1.